The lowest BCUT2D eigenvalue weighted by molar-refractivity contribution is 0.168. The van der Waals surface area contributed by atoms with Crippen molar-refractivity contribution >= 4 is 11.8 Å². The molecule has 1 rings (SSSR count). The number of methoxy groups -OCH3 is 1. The van der Waals surface area contributed by atoms with Gasteiger partial charge in [0, 0.05) is 25.2 Å². The molecule has 0 aliphatic rings. The van der Waals surface area contributed by atoms with E-state index in [2.05, 4.69) is 36.2 Å². The minimum absolute atomic E-state index is 0.283. The van der Waals surface area contributed by atoms with Crippen LogP contribution in [0.5, 0.6) is 0 Å². The number of benzene rings is 1. The molecule has 0 saturated carbocycles. The number of ether oxygens (including phenoxy) is 1. The molecule has 0 aromatic heterocycles. The molecule has 1 unspecified atom stereocenters. The fraction of sp³-hybridized carbons (Fsp3) is 0.429. The summed E-state index contributed by atoms with van der Waals surface area (Å²) in [7, 11) is 1.74. The number of thioether (sulfide) groups is 1. The van der Waals surface area contributed by atoms with Crippen LogP contribution in [0.4, 0.5) is 0 Å². The fourth-order valence-electron chi connectivity index (χ4n) is 1.60. The van der Waals surface area contributed by atoms with E-state index in [1.54, 1.807) is 7.11 Å². The van der Waals surface area contributed by atoms with Gasteiger partial charge in [-0.2, -0.15) is 11.8 Å². The quantitative estimate of drug-likeness (QED) is 0.538. The third kappa shape index (κ3) is 5.91. The van der Waals surface area contributed by atoms with E-state index in [0.717, 1.165) is 18.1 Å². The summed E-state index contributed by atoms with van der Waals surface area (Å²) in [6, 6.07) is 10.7. The zero-order valence-corrected chi connectivity index (χ0v) is 11.2. The van der Waals surface area contributed by atoms with E-state index in [1.165, 1.54) is 5.56 Å². The summed E-state index contributed by atoms with van der Waals surface area (Å²) in [4.78, 5) is 0. The van der Waals surface area contributed by atoms with Gasteiger partial charge in [-0.15, -0.1) is 6.58 Å². The van der Waals surface area contributed by atoms with Crippen LogP contribution >= 0.6 is 11.8 Å². The Kier molecular flexibility index (Phi) is 7.80. The second kappa shape index (κ2) is 9.28. The standard InChI is InChI=1S/C14H21NOS/c1-3-10-17-11-9-15-14(12-16-2)13-7-5-4-6-8-13/h3-8,14-15H,1,9-12H2,2H3. The van der Waals surface area contributed by atoms with Gasteiger partial charge < -0.3 is 10.1 Å². The molecule has 0 fully saturated rings. The summed E-state index contributed by atoms with van der Waals surface area (Å²) >= 11 is 1.89. The maximum Gasteiger partial charge on any atom is 0.0657 e. The highest BCUT2D eigenvalue weighted by molar-refractivity contribution is 7.99. The van der Waals surface area contributed by atoms with E-state index in [0.29, 0.717) is 6.61 Å². The van der Waals surface area contributed by atoms with E-state index in [9.17, 15) is 0 Å². The van der Waals surface area contributed by atoms with Crippen LogP contribution in [0, 0.1) is 0 Å². The van der Waals surface area contributed by atoms with Crippen molar-refractivity contribution in [1.29, 1.82) is 0 Å². The summed E-state index contributed by atoms with van der Waals surface area (Å²) < 4.78 is 5.25. The molecule has 0 radical (unpaired) electrons. The highest BCUT2D eigenvalue weighted by Gasteiger charge is 2.09. The first-order valence-electron chi connectivity index (χ1n) is 5.84. The second-order valence-electron chi connectivity index (χ2n) is 3.74. The molecule has 0 heterocycles. The molecule has 3 heteroatoms. The normalized spacial score (nSPS) is 12.3. The Balaban J connectivity index is 2.36. The number of rotatable bonds is 9. The van der Waals surface area contributed by atoms with Crippen molar-refractivity contribution in [3.05, 3.63) is 48.6 Å². The van der Waals surface area contributed by atoms with Crippen molar-refractivity contribution in [2.45, 2.75) is 6.04 Å². The third-order valence-corrected chi connectivity index (χ3v) is 3.37. The van der Waals surface area contributed by atoms with Gasteiger partial charge >= 0.3 is 0 Å². The lowest BCUT2D eigenvalue weighted by atomic mass is 10.1. The first-order valence-corrected chi connectivity index (χ1v) is 7.00. The fourth-order valence-corrected chi connectivity index (χ4v) is 2.19. The van der Waals surface area contributed by atoms with E-state index in [4.69, 9.17) is 4.74 Å². The monoisotopic (exact) mass is 251 g/mol. The molecular formula is C14H21NOS. The molecule has 1 N–H and O–H groups in total. The molecule has 0 saturated heterocycles. The maximum atomic E-state index is 5.25. The summed E-state index contributed by atoms with van der Waals surface area (Å²) in [5.74, 6) is 2.11. The molecule has 0 amide bonds. The highest BCUT2D eigenvalue weighted by atomic mass is 32.2. The summed E-state index contributed by atoms with van der Waals surface area (Å²) in [5.41, 5.74) is 1.28. The second-order valence-corrected chi connectivity index (χ2v) is 4.89. The van der Waals surface area contributed by atoms with Crippen LogP contribution in [0.15, 0.2) is 43.0 Å². The first kappa shape index (κ1) is 14.3. The Morgan fingerprint density at radius 3 is 2.82 bits per heavy atom. The molecule has 0 aliphatic heterocycles. The molecule has 0 bridgehead atoms. The average Bonchev–Trinajstić information content (AvgIpc) is 2.38. The minimum atomic E-state index is 0.283. The average molecular weight is 251 g/mol. The minimum Gasteiger partial charge on any atom is -0.383 e. The van der Waals surface area contributed by atoms with E-state index in [1.807, 2.05) is 23.9 Å². The molecule has 0 spiro atoms. The number of hydrogen-bond donors (Lipinski definition) is 1. The molecule has 1 aromatic rings. The van der Waals surface area contributed by atoms with Crippen LogP contribution in [0.3, 0.4) is 0 Å². The molecule has 1 aromatic carbocycles. The van der Waals surface area contributed by atoms with Gasteiger partial charge in [0.25, 0.3) is 0 Å². The summed E-state index contributed by atoms with van der Waals surface area (Å²) in [6.07, 6.45) is 1.94. The Morgan fingerprint density at radius 2 is 2.18 bits per heavy atom. The lowest BCUT2D eigenvalue weighted by Crippen LogP contribution is -2.27. The Labute approximate surface area is 108 Å². The molecule has 1 atom stereocenters. The lowest BCUT2D eigenvalue weighted by Gasteiger charge is -2.18. The zero-order chi connectivity index (χ0) is 12.3. The largest absolute Gasteiger partial charge is 0.383 e. The van der Waals surface area contributed by atoms with Crippen molar-refractivity contribution in [3.63, 3.8) is 0 Å². The van der Waals surface area contributed by atoms with Crippen molar-refractivity contribution in [3.8, 4) is 0 Å². The molecule has 0 aliphatic carbocycles. The molecular weight excluding hydrogens is 230 g/mol. The van der Waals surface area contributed by atoms with Crippen LogP contribution in [0.1, 0.15) is 11.6 Å². The van der Waals surface area contributed by atoms with Gasteiger partial charge in [0.15, 0.2) is 0 Å². The number of nitrogens with one attached hydrogen (secondary N) is 1. The van der Waals surface area contributed by atoms with Gasteiger partial charge in [0.05, 0.1) is 12.6 Å². The van der Waals surface area contributed by atoms with E-state index in [-0.39, 0.29) is 6.04 Å². The molecule has 94 valence electrons. The maximum absolute atomic E-state index is 5.25. The van der Waals surface area contributed by atoms with Crippen molar-refractivity contribution < 1.29 is 4.74 Å². The third-order valence-electron chi connectivity index (χ3n) is 2.41. The van der Waals surface area contributed by atoms with Gasteiger partial charge in [0.2, 0.25) is 0 Å². The van der Waals surface area contributed by atoms with Crippen LogP contribution in [-0.2, 0) is 4.74 Å². The van der Waals surface area contributed by atoms with Gasteiger partial charge in [0.1, 0.15) is 0 Å². The van der Waals surface area contributed by atoms with Crippen LogP contribution in [0.25, 0.3) is 0 Å². The zero-order valence-electron chi connectivity index (χ0n) is 10.4. The van der Waals surface area contributed by atoms with Crippen molar-refractivity contribution in [1.82, 2.24) is 5.32 Å². The predicted octanol–water partition coefficient (Wildman–Crippen LogP) is 2.88. The van der Waals surface area contributed by atoms with Crippen LogP contribution in [0.2, 0.25) is 0 Å². The SMILES string of the molecule is C=CCSCCNC(COC)c1ccccc1. The van der Waals surface area contributed by atoms with Crippen molar-refractivity contribution in [2.24, 2.45) is 0 Å². The first-order chi connectivity index (χ1) is 8.38. The van der Waals surface area contributed by atoms with Crippen molar-refractivity contribution in [2.75, 3.05) is 31.8 Å². The van der Waals surface area contributed by atoms with Gasteiger partial charge in [-0.3, -0.25) is 0 Å². The number of hydrogen-bond acceptors (Lipinski definition) is 3. The van der Waals surface area contributed by atoms with E-state index < -0.39 is 0 Å². The summed E-state index contributed by atoms with van der Waals surface area (Å²) in [6.45, 7) is 5.40. The highest BCUT2D eigenvalue weighted by Crippen LogP contribution is 2.12. The smallest absolute Gasteiger partial charge is 0.0657 e. The van der Waals surface area contributed by atoms with Gasteiger partial charge in [-0.25, -0.2) is 0 Å². The Hall–Kier alpha value is -0.770. The molecule has 2 nitrogen and oxygen atoms in total. The van der Waals surface area contributed by atoms with Gasteiger partial charge in [-0.1, -0.05) is 36.4 Å². The Morgan fingerprint density at radius 1 is 1.41 bits per heavy atom. The Bertz CT molecular complexity index is 302. The van der Waals surface area contributed by atoms with Crippen LogP contribution < -0.4 is 5.32 Å². The van der Waals surface area contributed by atoms with E-state index >= 15 is 0 Å². The van der Waals surface area contributed by atoms with Gasteiger partial charge in [-0.05, 0) is 5.56 Å². The molecule has 17 heavy (non-hydrogen) atoms. The van der Waals surface area contributed by atoms with Crippen LogP contribution in [-0.4, -0.2) is 31.8 Å². The predicted molar refractivity (Wildman–Crippen MR) is 76.6 cm³/mol. The summed E-state index contributed by atoms with van der Waals surface area (Å²) in [5, 5.41) is 3.52. The topological polar surface area (TPSA) is 21.3 Å².